The molecule has 0 radical (unpaired) electrons. The summed E-state index contributed by atoms with van der Waals surface area (Å²) in [5, 5.41) is 17.3. The van der Waals surface area contributed by atoms with Crippen LogP contribution in [0.1, 0.15) is 12.8 Å². The molecular formula is C6H16N2O2. The SMILES string of the molecule is NCCC(N)CC(O)CO. The molecule has 0 bridgehead atoms. The van der Waals surface area contributed by atoms with Crippen molar-refractivity contribution >= 4 is 0 Å². The Morgan fingerprint density at radius 1 is 1.40 bits per heavy atom. The average Bonchev–Trinajstić information content (AvgIpc) is 1.88. The van der Waals surface area contributed by atoms with Crippen molar-refractivity contribution in [3.8, 4) is 0 Å². The van der Waals surface area contributed by atoms with Crippen molar-refractivity contribution < 1.29 is 10.2 Å². The van der Waals surface area contributed by atoms with Crippen LogP contribution >= 0.6 is 0 Å². The van der Waals surface area contributed by atoms with Crippen LogP contribution < -0.4 is 11.5 Å². The van der Waals surface area contributed by atoms with Gasteiger partial charge in [0.05, 0.1) is 12.7 Å². The van der Waals surface area contributed by atoms with Gasteiger partial charge in [-0.3, -0.25) is 0 Å². The highest BCUT2D eigenvalue weighted by Gasteiger charge is 2.07. The lowest BCUT2D eigenvalue weighted by Crippen LogP contribution is -2.30. The summed E-state index contributed by atoms with van der Waals surface area (Å²) in [6.45, 7) is 0.303. The van der Waals surface area contributed by atoms with Crippen molar-refractivity contribution in [2.75, 3.05) is 13.2 Å². The van der Waals surface area contributed by atoms with Gasteiger partial charge in [-0.1, -0.05) is 0 Å². The molecule has 4 heteroatoms. The molecule has 0 aromatic heterocycles. The van der Waals surface area contributed by atoms with Gasteiger partial charge < -0.3 is 21.7 Å². The molecule has 0 spiro atoms. The van der Waals surface area contributed by atoms with E-state index in [-0.39, 0.29) is 12.6 Å². The van der Waals surface area contributed by atoms with E-state index in [1.165, 1.54) is 0 Å². The number of hydrogen-bond donors (Lipinski definition) is 4. The van der Waals surface area contributed by atoms with Gasteiger partial charge in [0.2, 0.25) is 0 Å². The van der Waals surface area contributed by atoms with Crippen LogP contribution in [-0.4, -0.2) is 35.5 Å². The average molecular weight is 148 g/mol. The quantitative estimate of drug-likeness (QED) is 0.378. The zero-order valence-corrected chi connectivity index (χ0v) is 6.03. The largest absolute Gasteiger partial charge is 0.394 e. The van der Waals surface area contributed by atoms with E-state index >= 15 is 0 Å². The van der Waals surface area contributed by atoms with E-state index in [0.29, 0.717) is 19.4 Å². The van der Waals surface area contributed by atoms with E-state index in [2.05, 4.69) is 0 Å². The van der Waals surface area contributed by atoms with Crippen molar-refractivity contribution in [2.45, 2.75) is 25.0 Å². The molecule has 10 heavy (non-hydrogen) atoms. The van der Waals surface area contributed by atoms with Gasteiger partial charge in [0.25, 0.3) is 0 Å². The third-order valence-corrected chi connectivity index (χ3v) is 1.32. The predicted molar refractivity (Wildman–Crippen MR) is 39.4 cm³/mol. The zero-order chi connectivity index (χ0) is 7.98. The molecule has 0 aromatic rings. The molecule has 0 amide bonds. The molecule has 6 N–H and O–H groups in total. The number of nitrogens with two attached hydrogens (primary N) is 2. The maximum Gasteiger partial charge on any atom is 0.0785 e. The Balaban J connectivity index is 3.27. The first-order valence-electron chi connectivity index (χ1n) is 3.45. The molecular weight excluding hydrogens is 132 g/mol. The molecule has 2 unspecified atom stereocenters. The fraction of sp³-hybridized carbons (Fsp3) is 1.00. The predicted octanol–water partition coefficient (Wildman–Crippen LogP) is -1.59. The second kappa shape index (κ2) is 5.61. The fourth-order valence-corrected chi connectivity index (χ4v) is 0.756. The summed E-state index contributed by atoms with van der Waals surface area (Å²) in [5.41, 5.74) is 10.7. The molecule has 0 aliphatic rings. The van der Waals surface area contributed by atoms with E-state index in [4.69, 9.17) is 21.7 Å². The van der Waals surface area contributed by atoms with Crippen molar-refractivity contribution in [1.82, 2.24) is 0 Å². The van der Waals surface area contributed by atoms with E-state index < -0.39 is 6.10 Å². The van der Waals surface area contributed by atoms with Crippen LogP contribution in [0, 0.1) is 0 Å². The molecule has 0 saturated carbocycles. The van der Waals surface area contributed by atoms with Gasteiger partial charge in [-0.25, -0.2) is 0 Å². The lowest BCUT2D eigenvalue weighted by molar-refractivity contribution is 0.0821. The Bertz CT molecular complexity index is 80.1. The Hall–Kier alpha value is -0.160. The van der Waals surface area contributed by atoms with Crippen LogP contribution in [0.3, 0.4) is 0 Å². The Kier molecular flexibility index (Phi) is 5.52. The van der Waals surface area contributed by atoms with Crippen LogP contribution in [0.25, 0.3) is 0 Å². The third-order valence-electron chi connectivity index (χ3n) is 1.32. The molecule has 0 saturated heterocycles. The molecule has 0 aromatic carbocycles. The van der Waals surface area contributed by atoms with E-state index in [1.54, 1.807) is 0 Å². The first-order chi connectivity index (χ1) is 4.70. The highest BCUT2D eigenvalue weighted by molar-refractivity contribution is 4.66. The lowest BCUT2D eigenvalue weighted by atomic mass is 10.1. The smallest absolute Gasteiger partial charge is 0.0785 e. The molecule has 0 aliphatic carbocycles. The minimum Gasteiger partial charge on any atom is -0.394 e. The summed E-state index contributed by atoms with van der Waals surface area (Å²) in [5.74, 6) is 0. The standard InChI is InChI=1S/C6H16N2O2/c7-2-1-5(8)3-6(10)4-9/h5-6,9-10H,1-4,7-8H2. The highest BCUT2D eigenvalue weighted by atomic mass is 16.3. The Labute approximate surface area is 60.8 Å². The lowest BCUT2D eigenvalue weighted by Gasteiger charge is -2.12. The van der Waals surface area contributed by atoms with Crippen LogP contribution in [-0.2, 0) is 0 Å². The van der Waals surface area contributed by atoms with Crippen molar-refractivity contribution in [3.63, 3.8) is 0 Å². The molecule has 0 aliphatic heterocycles. The molecule has 2 atom stereocenters. The van der Waals surface area contributed by atoms with E-state index in [1.807, 2.05) is 0 Å². The number of hydrogen-bond acceptors (Lipinski definition) is 4. The monoisotopic (exact) mass is 148 g/mol. The third kappa shape index (κ3) is 4.69. The van der Waals surface area contributed by atoms with E-state index in [0.717, 1.165) is 0 Å². The maximum absolute atomic E-state index is 8.88. The summed E-state index contributed by atoms with van der Waals surface area (Å²) in [4.78, 5) is 0. The highest BCUT2D eigenvalue weighted by Crippen LogP contribution is 1.97. The van der Waals surface area contributed by atoms with Gasteiger partial charge >= 0.3 is 0 Å². The van der Waals surface area contributed by atoms with Crippen LogP contribution in [0.5, 0.6) is 0 Å². The van der Waals surface area contributed by atoms with Gasteiger partial charge in [0, 0.05) is 6.04 Å². The van der Waals surface area contributed by atoms with Gasteiger partial charge in [0.15, 0.2) is 0 Å². The number of rotatable bonds is 5. The molecule has 4 nitrogen and oxygen atoms in total. The molecule has 62 valence electrons. The van der Waals surface area contributed by atoms with Crippen molar-refractivity contribution in [1.29, 1.82) is 0 Å². The Morgan fingerprint density at radius 2 is 2.00 bits per heavy atom. The summed E-state index contributed by atoms with van der Waals surface area (Å²) in [6, 6.07) is -0.0906. The zero-order valence-electron chi connectivity index (χ0n) is 6.03. The van der Waals surface area contributed by atoms with Gasteiger partial charge in [-0.05, 0) is 19.4 Å². The summed E-state index contributed by atoms with van der Waals surface area (Å²) < 4.78 is 0. The molecule has 0 heterocycles. The maximum atomic E-state index is 8.88. The molecule has 0 fully saturated rings. The van der Waals surface area contributed by atoms with Crippen LogP contribution in [0.15, 0.2) is 0 Å². The minimum atomic E-state index is -0.693. The first kappa shape index (κ1) is 9.84. The van der Waals surface area contributed by atoms with Crippen molar-refractivity contribution in [3.05, 3.63) is 0 Å². The number of aliphatic hydroxyl groups excluding tert-OH is 2. The van der Waals surface area contributed by atoms with Gasteiger partial charge in [-0.2, -0.15) is 0 Å². The van der Waals surface area contributed by atoms with Gasteiger partial charge in [0.1, 0.15) is 0 Å². The fourth-order valence-electron chi connectivity index (χ4n) is 0.756. The van der Waals surface area contributed by atoms with E-state index in [9.17, 15) is 0 Å². The summed E-state index contributed by atoms with van der Waals surface area (Å²) >= 11 is 0. The van der Waals surface area contributed by atoms with Gasteiger partial charge in [-0.15, -0.1) is 0 Å². The topological polar surface area (TPSA) is 92.5 Å². The molecule has 0 rings (SSSR count). The second-order valence-corrected chi connectivity index (χ2v) is 2.41. The normalized spacial score (nSPS) is 16.8. The van der Waals surface area contributed by atoms with Crippen LogP contribution in [0.2, 0.25) is 0 Å². The second-order valence-electron chi connectivity index (χ2n) is 2.41. The number of aliphatic hydroxyl groups is 2. The summed E-state index contributed by atoms with van der Waals surface area (Å²) in [6.07, 6.45) is 0.423. The van der Waals surface area contributed by atoms with Crippen molar-refractivity contribution in [2.24, 2.45) is 11.5 Å². The minimum absolute atomic E-state index is 0.0906. The van der Waals surface area contributed by atoms with Crippen LogP contribution in [0.4, 0.5) is 0 Å². The first-order valence-corrected chi connectivity index (χ1v) is 3.45. The Morgan fingerprint density at radius 3 is 2.40 bits per heavy atom. The summed E-state index contributed by atoms with van der Waals surface area (Å²) in [7, 11) is 0.